The van der Waals surface area contributed by atoms with Gasteiger partial charge >= 0.3 is 5.97 Å². The van der Waals surface area contributed by atoms with Gasteiger partial charge in [0.25, 0.3) is 5.91 Å². The second-order valence-corrected chi connectivity index (χ2v) is 6.47. The van der Waals surface area contributed by atoms with Crippen LogP contribution >= 0.6 is 0 Å². The van der Waals surface area contributed by atoms with Crippen molar-refractivity contribution in [2.24, 2.45) is 0 Å². The number of halogens is 2. The van der Waals surface area contributed by atoms with E-state index in [4.69, 9.17) is 4.74 Å². The van der Waals surface area contributed by atoms with Gasteiger partial charge in [0.15, 0.2) is 18.2 Å². The molecule has 2 N–H and O–H groups in total. The number of nitrogens with one attached hydrogen (secondary N) is 2. The zero-order valence-corrected chi connectivity index (χ0v) is 15.8. The zero-order chi connectivity index (χ0) is 21.5. The van der Waals surface area contributed by atoms with E-state index in [2.05, 4.69) is 10.6 Å². The number of ether oxygens (including phenoxy) is 1. The largest absolute Gasteiger partial charge is 0.455 e. The van der Waals surface area contributed by atoms with Gasteiger partial charge in [0.05, 0.1) is 13.0 Å². The van der Waals surface area contributed by atoms with Gasteiger partial charge < -0.3 is 15.4 Å². The molecular weight excluding hydrogens is 394 g/mol. The van der Waals surface area contributed by atoms with Gasteiger partial charge in [-0.1, -0.05) is 42.5 Å². The zero-order valence-electron chi connectivity index (χ0n) is 15.8. The Kier molecular flexibility index (Phi) is 6.69. The van der Waals surface area contributed by atoms with E-state index in [1.165, 1.54) is 6.07 Å². The van der Waals surface area contributed by atoms with E-state index in [-0.39, 0.29) is 12.1 Å². The average molecular weight is 412 g/mol. The molecule has 0 unspecified atom stereocenters. The van der Waals surface area contributed by atoms with Gasteiger partial charge in [-0.15, -0.1) is 0 Å². The van der Waals surface area contributed by atoms with Crippen LogP contribution < -0.4 is 10.6 Å². The molecule has 2 amide bonds. The van der Waals surface area contributed by atoms with Crippen molar-refractivity contribution >= 4 is 34.2 Å². The monoisotopic (exact) mass is 412 g/mol. The predicted octanol–water partition coefficient (Wildman–Crippen LogP) is 2.96. The van der Waals surface area contributed by atoms with Gasteiger partial charge in [0, 0.05) is 11.8 Å². The molecule has 0 radical (unpaired) electrons. The molecule has 0 bridgehead atoms. The number of hydrogen-bond acceptors (Lipinski definition) is 4. The Labute approximate surface area is 170 Å². The van der Waals surface area contributed by atoms with E-state index in [0.29, 0.717) is 0 Å². The fraction of sp³-hybridized carbons (Fsp3) is 0.136. The molecule has 3 rings (SSSR count). The van der Waals surface area contributed by atoms with Crippen molar-refractivity contribution in [1.82, 2.24) is 5.32 Å². The molecule has 0 heterocycles. The van der Waals surface area contributed by atoms with Crippen LogP contribution in [0, 0.1) is 11.6 Å². The van der Waals surface area contributed by atoms with Crippen molar-refractivity contribution in [3.63, 3.8) is 0 Å². The molecule has 0 aromatic heterocycles. The highest BCUT2D eigenvalue weighted by Crippen LogP contribution is 2.16. The summed E-state index contributed by atoms with van der Waals surface area (Å²) < 4.78 is 30.9. The first kappa shape index (κ1) is 20.9. The number of amides is 2. The molecule has 0 aliphatic heterocycles. The number of rotatable bonds is 7. The minimum Gasteiger partial charge on any atom is -0.455 e. The van der Waals surface area contributed by atoms with Gasteiger partial charge in [-0.3, -0.25) is 14.4 Å². The SMILES string of the molecule is O=C(COC(=O)Cc1ccc2ccccc2c1)NCC(=O)Nc1ccc(F)c(F)c1. The van der Waals surface area contributed by atoms with Crippen molar-refractivity contribution < 1.29 is 27.9 Å². The maximum atomic E-state index is 13.1. The summed E-state index contributed by atoms with van der Waals surface area (Å²) in [6.45, 7) is -0.953. The van der Waals surface area contributed by atoms with Crippen LogP contribution in [0.4, 0.5) is 14.5 Å². The summed E-state index contributed by atoms with van der Waals surface area (Å²) in [4.78, 5) is 35.4. The highest BCUT2D eigenvalue weighted by atomic mass is 19.2. The third kappa shape index (κ3) is 5.84. The van der Waals surface area contributed by atoms with Crippen LogP contribution in [0.15, 0.2) is 60.7 Å². The number of hydrogen-bond donors (Lipinski definition) is 2. The van der Waals surface area contributed by atoms with E-state index < -0.39 is 42.6 Å². The van der Waals surface area contributed by atoms with E-state index in [0.717, 1.165) is 28.5 Å². The standard InChI is InChI=1S/C22H18F2N2O4/c23-18-8-7-17(11-19(18)24)26-20(27)12-25-21(28)13-30-22(29)10-14-5-6-15-3-1-2-4-16(15)9-14/h1-9,11H,10,12-13H2,(H,25,28)(H,26,27). The van der Waals surface area contributed by atoms with Crippen LogP contribution in [-0.2, 0) is 25.5 Å². The molecule has 3 aromatic rings. The molecule has 0 saturated carbocycles. The van der Waals surface area contributed by atoms with Crippen LogP contribution in [0.5, 0.6) is 0 Å². The fourth-order valence-electron chi connectivity index (χ4n) is 2.72. The third-order valence-electron chi connectivity index (χ3n) is 4.18. The van der Waals surface area contributed by atoms with Crippen LogP contribution in [0.3, 0.4) is 0 Å². The lowest BCUT2D eigenvalue weighted by atomic mass is 10.1. The van der Waals surface area contributed by atoms with Gasteiger partial charge in [-0.2, -0.15) is 0 Å². The molecule has 8 heteroatoms. The lowest BCUT2D eigenvalue weighted by Crippen LogP contribution is -2.35. The summed E-state index contributed by atoms with van der Waals surface area (Å²) in [5.74, 6) is -4.02. The van der Waals surface area contributed by atoms with Crippen molar-refractivity contribution in [3.05, 3.63) is 77.9 Å². The lowest BCUT2D eigenvalue weighted by Gasteiger charge is -2.08. The fourth-order valence-corrected chi connectivity index (χ4v) is 2.72. The number of anilines is 1. The molecule has 3 aromatic carbocycles. The molecule has 0 saturated heterocycles. The third-order valence-corrected chi connectivity index (χ3v) is 4.18. The molecule has 0 spiro atoms. The summed E-state index contributed by atoms with van der Waals surface area (Å²) in [5.41, 5.74) is 0.806. The smallest absolute Gasteiger partial charge is 0.310 e. The van der Waals surface area contributed by atoms with Crippen LogP contribution in [-0.4, -0.2) is 30.9 Å². The molecule has 154 valence electrons. The Morgan fingerprint density at radius 3 is 2.37 bits per heavy atom. The Hall–Kier alpha value is -3.81. The van der Waals surface area contributed by atoms with Crippen molar-refractivity contribution in [2.45, 2.75) is 6.42 Å². The maximum absolute atomic E-state index is 13.1. The average Bonchev–Trinajstić information content (AvgIpc) is 2.73. The summed E-state index contributed by atoms with van der Waals surface area (Å²) in [5, 5.41) is 6.63. The Bertz CT molecular complexity index is 1100. The first-order valence-electron chi connectivity index (χ1n) is 9.05. The van der Waals surface area contributed by atoms with Gasteiger partial charge in [0.2, 0.25) is 5.91 Å². The van der Waals surface area contributed by atoms with Crippen LogP contribution in [0.2, 0.25) is 0 Å². The highest BCUT2D eigenvalue weighted by Gasteiger charge is 2.11. The molecule has 6 nitrogen and oxygen atoms in total. The van der Waals surface area contributed by atoms with Crippen LogP contribution in [0.25, 0.3) is 10.8 Å². The molecule has 0 aliphatic rings. The Morgan fingerprint density at radius 2 is 1.60 bits per heavy atom. The highest BCUT2D eigenvalue weighted by molar-refractivity contribution is 5.94. The Balaban J connectivity index is 1.40. The first-order valence-corrected chi connectivity index (χ1v) is 9.05. The minimum absolute atomic E-state index is 0.00866. The quantitative estimate of drug-likeness (QED) is 0.585. The van der Waals surface area contributed by atoms with E-state index >= 15 is 0 Å². The summed E-state index contributed by atoms with van der Waals surface area (Å²) >= 11 is 0. The molecule has 30 heavy (non-hydrogen) atoms. The predicted molar refractivity (Wildman–Crippen MR) is 107 cm³/mol. The number of fused-ring (bicyclic) bond motifs is 1. The summed E-state index contributed by atoms with van der Waals surface area (Å²) in [6.07, 6.45) is 0.00866. The number of carbonyl (C=O) groups is 3. The lowest BCUT2D eigenvalue weighted by molar-refractivity contribution is -0.147. The topological polar surface area (TPSA) is 84.5 Å². The van der Waals surface area contributed by atoms with Crippen molar-refractivity contribution in [2.75, 3.05) is 18.5 Å². The number of esters is 1. The van der Waals surface area contributed by atoms with E-state index in [1.54, 1.807) is 0 Å². The minimum atomic E-state index is -1.10. The number of benzene rings is 3. The number of carbonyl (C=O) groups excluding carboxylic acids is 3. The molecule has 0 atom stereocenters. The van der Waals surface area contributed by atoms with Crippen molar-refractivity contribution in [3.8, 4) is 0 Å². The van der Waals surface area contributed by atoms with E-state index in [1.807, 2.05) is 42.5 Å². The maximum Gasteiger partial charge on any atom is 0.310 e. The van der Waals surface area contributed by atoms with Gasteiger partial charge in [-0.25, -0.2) is 8.78 Å². The summed E-state index contributed by atoms with van der Waals surface area (Å²) in [6, 6.07) is 16.2. The molecule has 0 aliphatic carbocycles. The van der Waals surface area contributed by atoms with E-state index in [9.17, 15) is 23.2 Å². The van der Waals surface area contributed by atoms with Crippen LogP contribution in [0.1, 0.15) is 5.56 Å². The van der Waals surface area contributed by atoms with Gasteiger partial charge in [0.1, 0.15) is 0 Å². The normalized spacial score (nSPS) is 10.5. The summed E-state index contributed by atoms with van der Waals surface area (Å²) in [7, 11) is 0. The van der Waals surface area contributed by atoms with Gasteiger partial charge in [-0.05, 0) is 28.5 Å². The molecular formula is C22H18F2N2O4. The Morgan fingerprint density at radius 1 is 0.833 bits per heavy atom. The second-order valence-electron chi connectivity index (χ2n) is 6.47. The first-order chi connectivity index (χ1) is 14.4. The van der Waals surface area contributed by atoms with Crippen molar-refractivity contribution in [1.29, 1.82) is 0 Å². The molecule has 0 fully saturated rings. The second kappa shape index (κ2) is 9.60.